The molecule has 23 heavy (non-hydrogen) atoms. The van der Waals surface area contributed by atoms with E-state index in [9.17, 15) is 0 Å². The molecule has 0 aliphatic rings. The number of rotatable bonds is 4. The summed E-state index contributed by atoms with van der Waals surface area (Å²) in [5, 5.41) is 6.53. The molecule has 2 N–H and O–H groups in total. The van der Waals surface area contributed by atoms with Gasteiger partial charge in [-0.25, -0.2) is 4.98 Å². The summed E-state index contributed by atoms with van der Waals surface area (Å²) in [6, 6.07) is 18.0. The van der Waals surface area contributed by atoms with E-state index in [0.717, 1.165) is 27.4 Å². The minimum Gasteiger partial charge on any atom is -0.340 e. The Morgan fingerprint density at radius 3 is 2.09 bits per heavy atom. The molecule has 0 spiro atoms. The summed E-state index contributed by atoms with van der Waals surface area (Å²) in [7, 11) is 0. The Balaban J connectivity index is 1.81. The number of aryl methyl sites for hydroxylation is 2. The highest BCUT2D eigenvalue weighted by atomic mass is 79.9. The molecule has 2 aromatic carbocycles. The molecule has 0 aliphatic carbocycles. The molecule has 3 aromatic rings. The van der Waals surface area contributed by atoms with E-state index in [2.05, 4.69) is 55.6 Å². The van der Waals surface area contributed by atoms with Gasteiger partial charge in [0.1, 0.15) is 5.82 Å². The first-order valence-electron chi connectivity index (χ1n) is 7.30. The third kappa shape index (κ3) is 4.29. The molecule has 0 aliphatic heterocycles. The number of hydrogen-bond acceptors (Lipinski definition) is 4. The van der Waals surface area contributed by atoms with Gasteiger partial charge in [-0.15, -0.1) is 0 Å². The van der Waals surface area contributed by atoms with E-state index < -0.39 is 0 Å². The zero-order chi connectivity index (χ0) is 16.2. The van der Waals surface area contributed by atoms with E-state index in [-0.39, 0.29) is 0 Å². The van der Waals surface area contributed by atoms with Crippen molar-refractivity contribution < 1.29 is 0 Å². The van der Waals surface area contributed by atoms with Crippen LogP contribution in [0.25, 0.3) is 0 Å². The second-order valence-corrected chi connectivity index (χ2v) is 6.26. The maximum absolute atomic E-state index is 4.52. The summed E-state index contributed by atoms with van der Waals surface area (Å²) in [4.78, 5) is 8.96. The maximum atomic E-state index is 4.52. The van der Waals surface area contributed by atoms with Gasteiger partial charge < -0.3 is 10.6 Å². The van der Waals surface area contributed by atoms with Crippen LogP contribution < -0.4 is 10.6 Å². The van der Waals surface area contributed by atoms with Crippen LogP contribution in [-0.2, 0) is 0 Å². The van der Waals surface area contributed by atoms with E-state index in [1.807, 2.05) is 49.4 Å². The first-order valence-corrected chi connectivity index (χ1v) is 8.10. The van der Waals surface area contributed by atoms with Gasteiger partial charge in [-0.2, -0.15) is 4.98 Å². The molecule has 4 nitrogen and oxygen atoms in total. The van der Waals surface area contributed by atoms with E-state index in [4.69, 9.17) is 0 Å². The summed E-state index contributed by atoms with van der Waals surface area (Å²) in [6.07, 6.45) is 0. The number of benzene rings is 2. The van der Waals surface area contributed by atoms with Gasteiger partial charge in [0.2, 0.25) is 5.95 Å². The summed E-state index contributed by atoms with van der Waals surface area (Å²) >= 11 is 3.43. The Morgan fingerprint density at radius 1 is 0.783 bits per heavy atom. The van der Waals surface area contributed by atoms with Crippen molar-refractivity contribution in [2.24, 2.45) is 0 Å². The lowest BCUT2D eigenvalue weighted by molar-refractivity contribution is 1.11. The number of hydrogen-bond donors (Lipinski definition) is 2. The molecule has 0 radical (unpaired) electrons. The fraction of sp³-hybridized carbons (Fsp3) is 0.111. The predicted molar refractivity (Wildman–Crippen MR) is 98.7 cm³/mol. The number of aromatic nitrogens is 2. The lowest BCUT2D eigenvalue weighted by Gasteiger charge is -2.10. The monoisotopic (exact) mass is 368 g/mol. The zero-order valence-corrected chi connectivity index (χ0v) is 14.6. The van der Waals surface area contributed by atoms with Crippen LogP contribution in [0.1, 0.15) is 11.3 Å². The van der Waals surface area contributed by atoms with Crippen LogP contribution in [0.3, 0.4) is 0 Å². The van der Waals surface area contributed by atoms with Crippen LogP contribution >= 0.6 is 15.9 Å². The molecule has 0 saturated heterocycles. The van der Waals surface area contributed by atoms with Crippen LogP contribution in [-0.4, -0.2) is 9.97 Å². The van der Waals surface area contributed by atoms with E-state index in [1.165, 1.54) is 5.56 Å². The second-order valence-electron chi connectivity index (χ2n) is 5.34. The fourth-order valence-corrected chi connectivity index (χ4v) is 2.40. The van der Waals surface area contributed by atoms with Crippen LogP contribution in [0.2, 0.25) is 0 Å². The molecule has 0 bridgehead atoms. The maximum Gasteiger partial charge on any atom is 0.229 e. The lowest BCUT2D eigenvalue weighted by Crippen LogP contribution is -2.02. The van der Waals surface area contributed by atoms with E-state index in [0.29, 0.717) is 5.95 Å². The van der Waals surface area contributed by atoms with Gasteiger partial charge in [0, 0.05) is 27.6 Å². The highest BCUT2D eigenvalue weighted by Gasteiger charge is 2.04. The molecule has 116 valence electrons. The summed E-state index contributed by atoms with van der Waals surface area (Å²) in [6.45, 7) is 4.02. The first-order chi connectivity index (χ1) is 11.1. The van der Waals surface area contributed by atoms with Crippen molar-refractivity contribution in [3.8, 4) is 0 Å². The standard InChI is InChI=1S/C18H17BrN4/c1-12-3-7-16(8-4-12)22-18-20-13(2)11-17(23-18)21-15-9-5-14(19)6-10-15/h3-11H,1-2H3,(H2,20,21,22,23). The van der Waals surface area contributed by atoms with Gasteiger partial charge in [-0.05, 0) is 50.2 Å². The lowest BCUT2D eigenvalue weighted by atomic mass is 10.2. The van der Waals surface area contributed by atoms with Crippen LogP contribution in [0, 0.1) is 13.8 Å². The highest BCUT2D eigenvalue weighted by Crippen LogP contribution is 2.21. The molecule has 0 fully saturated rings. The number of halogens is 1. The molecule has 0 amide bonds. The molecule has 0 saturated carbocycles. The van der Waals surface area contributed by atoms with Gasteiger partial charge in [0.15, 0.2) is 0 Å². The fourth-order valence-electron chi connectivity index (χ4n) is 2.14. The average Bonchev–Trinajstić information content (AvgIpc) is 2.51. The van der Waals surface area contributed by atoms with Gasteiger partial charge in [0.25, 0.3) is 0 Å². The molecule has 1 aromatic heterocycles. The van der Waals surface area contributed by atoms with Gasteiger partial charge in [0.05, 0.1) is 0 Å². The van der Waals surface area contributed by atoms with Gasteiger partial charge in [-0.3, -0.25) is 0 Å². The number of nitrogens with one attached hydrogen (secondary N) is 2. The van der Waals surface area contributed by atoms with E-state index in [1.54, 1.807) is 0 Å². The molecule has 0 atom stereocenters. The summed E-state index contributed by atoms with van der Waals surface area (Å²) < 4.78 is 1.05. The van der Waals surface area contributed by atoms with Crippen LogP contribution in [0.4, 0.5) is 23.1 Å². The predicted octanol–water partition coefficient (Wildman–Crippen LogP) is 5.34. The molecule has 0 unspecified atom stereocenters. The summed E-state index contributed by atoms with van der Waals surface area (Å²) in [5.41, 5.74) is 4.07. The van der Waals surface area contributed by atoms with Crippen molar-refractivity contribution in [3.05, 3.63) is 70.3 Å². The van der Waals surface area contributed by atoms with Crippen molar-refractivity contribution in [1.29, 1.82) is 0 Å². The molecule has 1 heterocycles. The number of nitrogens with zero attached hydrogens (tertiary/aromatic N) is 2. The topological polar surface area (TPSA) is 49.8 Å². The second kappa shape index (κ2) is 6.79. The van der Waals surface area contributed by atoms with Crippen molar-refractivity contribution in [3.63, 3.8) is 0 Å². The Hall–Kier alpha value is -2.40. The quantitative estimate of drug-likeness (QED) is 0.652. The third-order valence-electron chi connectivity index (χ3n) is 3.28. The summed E-state index contributed by atoms with van der Waals surface area (Å²) in [5.74, 6) is 1.34. The van der Waals surface area contributed by atoms with Crippen LogP contribution in [0.5, 0.6) is 0 Å². The third-order valence-corrected chi connectivity index (χ3v) is 3.81. The Labute approximate surface area is 144 Å². The van der Waals surface area contributed by atoms with Crippen molar-refractivity contribution in [1.82, 2.24) is 9.97 Å². The smallest absolute Gasteiger partial charge is 0.229 e. The molecular formula is C18H17BrN4. The average molecular weight is 369 g/mol. The molecule has 3 rings (SSSR count). The Bertz CT molecular complexity index is 733. The Morgan fingerprint density at radius 2 is 1.39 bits per heavy atom. The molecule has 5 heteroatoms. The normalized spacial score (nSPS) is 10.4. The van der Waals surface area contributed by atoms with Crippen molar-refractivity contribution in [2.75, 3.05) is 10.6 Å². The number of anilines is 4. The van der Waals surface area contributed by atoms with Crippen LogP contribution in [0.15, 0.2) is 59.1 Å². The first kappa shape index (κ1) is 15.5. The Kier molecular flexibility index (Phi) is 4.57. The zero-order valence-electron chi connectivity index (χ0n) is 13.0. The molecular weight excluding hydrogens is 352 g/mol. The van der Waals surface area contributed by atoms with E-state index >= 15 is 0 Å². The highest BCUT2D eigenvalue weighted by molar-refractivity contribution is 9.10. The SMILES string of the molecule is Cc1ccc(Nc2nc(C)cc(Nc3ccc(Br)cc3)n2)cc1. The minimum atomic E-state index is 0.577. The van der Waals surface area contributed by atoms with Crippen molar-refractivity contribution >= 4 is 39.1 Å². The largest absolute Gasteiger partial charge is 0.340 e. The van der Waals surface area contributed by atoms with Crippen molar-refractivity contribution in [2.45, 2.75) is 13.8 Å². The van der Waals surface area contributed by atoms with Gasteiger partial charge >= 0.3 is 0 Å². The minimum absolute atomic E-state index is 0.577. The van der Waals surface area contributed by atoms with Gasteiger partial charge in [-0.1, -0.05) is 33.6 Å².